The molecular weight excluding hydrogens is 318 g/mol. The molecule has 0 amide bonds. The third-order valence-corrected chi connectivity index (χ3v) is 13.3. The molecule has 0 radical (unpaired) electrons. The SMILES string of the molecule is CC(C)(C)[Si](Oc1cc2c(s1)CCNC2)(C(C)(C)C)C(C)(C)C. The van der Waals surface area contributed by atoms with E-state index in [-0.39, 0.29) is 15.1 Å². The van der Waals surface area contributed by atoms with Gasteiger partial charge in [0.25, 0.3) is 8.32 Å². The minimum Gasteiger partial charge on any atom is -0.535 e. The van der Waals surface area contributed by atoms with E-state index in [0.717, 1.165) is 24.6 Å². The Labute approximate surface area is 148 Å². The fraction of sp³-hybridized carbons (Fsp3) is 0.789. The van der Waals surface area contributed by atoms with Crippen LogP contribution in [0.2, 0.25) is 15.1 Å². The second kappa shape index (κ2) is 5.89. The van der Waals surface area contributed by atoms with Crippen LogP contribution in [0.25, 0.3) is 0 Å². The van der Waals surface area contributed by atoms with Crippen LogP contribution in [0.3, 0.4) is 0 Å². The zero-order chi connectivity index (χ0) is 17.7. The summed E-state index contributed by atoms with van der Waals surface area (Å²) in [5, 5.41) is 5.09. The third kappa shape index (κ3) is 3.27. The summed E-state index contributed by atoms with van der Waals surface area (Å²) in [7, 11) is -2.17. The molecule has 0 atom stereocenters. The van der Waals surface area contributed by atoms with Crippen molar-refractivity contribution in [2.75, 3.05) is 6.54 Å². The van der Waals surface area contributed by atoms with Crippen molar-refractivity contribution >= 4 is 19.7 Å². The highest BCUT2D eigenvalue weighted by atomic mass is 32.1. The smallest absolute Gasteiger partial charge is 0.268 e. The van der Waals surface area contributed by atoms with E-state index >= 15 is 0 Å². The maximum absolute atomic E-state index is 7.08. The van der Waals surface area contributed by atoms with Gasteiger partial charge in [-0.05, 0) is 33.2 Å². The number of rotatable bonds is 2. The number of nitrogens with one attached hydrogen (secondary N) is 1. The number of hydrogen-bond acceptors (Lipinski definition) is 3. The molecule has 132 valence electrons. The summed E-state index contributed by atoms with van der Waals surface area (Å²) in [6.45, 7) is 23.5. The van der Waals surface area contributed by atoms with Crippen LogP contribution < -0.4 is 9.74 Å². The van der Waals surface area contributed by atoms with Gasteiger partial charge in [0.2, 0.25) is 0 Å². The molecule has 1 N–H and O–H groups in total. The monoisotopic (exact) mass is 353 g/mol. The Bertz CT molecular complexity index is 498. The molecular formula is C19H35NOSSi. The van der Waals surface area contributed by atoms with Gasteiger partial charge in [0.05, 0.1) is 0 Å². The number of thiophene rings is 1. The second-order valence-corrected chi connectivity index (χ2v) is 17.1. The molecule has 0 spiro atoms. The lowest BCUT2D eigenvalue weighted by Crippen LogP contribution is -2.63. The van der Waals surface area contributed by atoms with Crippen molar-refractivity contribution in [2.24, 2.45) is 0 Å². The normalized spacial score (nSPS) is 17.1. The van der Waals surface area contributed by atoms with Crippen molar-refractivity contribution in [2.45, 2.75) is 90.4 Å². The van der Waals surface area contributed by atoms with Crippen LogP contribution >= 0.6 is 11.3 Å². The van der Waals surface area contributed by atoms with Crippen molar-refractivity contribution in [1.82, 2.24) is 5.32 Å². The maximum atomic E-state index is 7.08. The average Bonchev–Trinajstić information content (AvgIpc) is 2.73. The molecule has 0 saturated heterocycles. The Morgan fingerprint density at radius 3 is 1.91 bits per heavy atom. The lowest BCUT2D eigenvalue weighted by atomic mass is 10.1. The van der Waals surface area contributed by atoms with Crippen molar-refractivity contribution in [3.63, 3.8) is 0 Å². The molecule has 1 aliphatic heterocycles. The zero-order valence-corrected chi connectivity index (χ0v) is 18.3. The highest BCUT2D eigenvalue weighted by molar-refractivity contribution is 7.14. The summed E-state index contributed by atoms with van der Waals surface area (Å²) in [5.74, 6) is 0. The summed E-state index contributed by atoms with van der Waals surface area (Å²) >= 11 is 1.88. The summed E-state index contributed by atoms with van der Waals surface area (Å²) in [4.78, 5) is 1.51. The third-order valence-electron chi connectivity index (χ3n) is 5.14. The highest BCUT2D eigenvalue weighted by Crippen LogP contribution is 2.62. The highest BCUT2D eigenvalue weighted by Gasteiger charge is 2.64. The predicted molar refractivity (Wildman–Crippen MR) is 105 cm³/mol. The second-order valence-electron chi connectivity index (χ2n) is 9.97. The Kier molecular flexibility index (Phi) is 4.87. The molecule has 23 heavy (non-hydrogen) atoms. The molecule has 0 bridgehead atoms. The molecule has 0 unspecified atom stereocenters. The lowest BCUT2D eigenvalue weighted by Gasteiger charge is -2.57. The maximum Gasteiger partial charge on any atom is 0.268 e. The van der Waals surface area contributed by atoms with E-state index in [0.29, 0.717) is 0 Å². The first kappa shape index (κ1) is 19.0. The molecule has 0 fully saturated rings. The molecule has 1 aliphatic rings. The molecule has 0 saturated carbocycles. The van der Waals surface area contributed by atoms with Crippen LogP contribution in [0.1, 0.15) is 72.8 Å². The van der Waals surface area contributed by atoms with Gasteiger partial charge in [0.15, 0.2) is 5.06 Å². The molecule has 1 aromatic rings. The van der Waals surface area contributed by atoms with Gasteiger partial charge in [-0.25, -0.2) is 0 Å². The van der Waals surface area contributed by atoms with Gasteiger partial charge < -0.3 is 9.74 Å². The summed E-state index contributed by atoms with van der Waals surface area (Å²) in [5.41, 5.74) is 1.44. The minimum atomic E-state index is -2.17. The number of fused-ring (bicyclic) bond motifs is 1. The zero-order valence-electron chi connectivity index (χ0n) is 16.5. The topological polar surface area (TPSA) is 21.3 Å². The quantitative estimate of drug-likeness (QED) is 0.647. The lowest BCUT2D eigenvalue weighted by molar-refractivity contribution is 0.378. The van der Waals surface area contributed by atoms with Gasteiger partial charge in [-0.15, -0.1) is 11.3 Å². The first-order valence-corrected chi connectivity index (χ1v) is 11.5. The van der Waals surface area contributed by atoms with Crippen LogP contribution in [0.15, 0.2) is 6.07 Å². The average molecular weight is 354 g/mol. The predicted octanol–water partition coefficient (Wildman–Crippen LogP) is 6.12. The molecule has 1 aromatic heterocycles. The van der Waals surface area contributed by atoms with Gasteiger partial charge in [-0.2, -0.15) is 0 Å². The standard InChI is InChI=1S/C19H35NOSSi/c1-17(2,3)23(18(4,5)6,19(7,8)9)21-16-12-14-13-20-11-10-15(14)22-16/h12,20H,10-11,13H2,1-9H3. The first-order valence-electron chi connectivity index (χ1n) is 8.81. The Morgan fingerprint density at radius 2 is 1.48 bits per heavy atom. The van der Waals surface area contributed by atoms with Gasteiger partial charge in [-0.1, -0.05) is 62.3 Å². The Hall–Kier alpha value is -0.323. The van der Waals surface area contributed by atoms with E-state index in [9.17, 15) is 0 Å². The van der Waals surface area contributed by atoms with E-state index in [1.807, 2.05) is 11.3 Å². The minimum absolute atomic E-state index is 0.159. The fourth-order valence-corrected chi connectivity index (χ4v) is 14.7. The molecule has 4 heteroatoms. The van der Waals surface area contributed by atoms with Gasteiger partial charge in [0.1, 0.15) is 0 Å². The van der Waals surface area contributed by atoms with Crippen LogP contribution in [-0.4, -0.2) is 14.9 Å². The van der Waals surface area contributed by atoms with Crippen molar-refractivity contribution in [3.8, 4) is 5.06 Å². The van der Waals surface area contributed by atoms with Gasteiger partial charge in [0, 0.05) is 18.0 Å². The van der Waals surface area contributed by atoms with Gasteiger partial charge >= 0.3 is 0 Å². The van der Waals surface area contributed by atoms with E-state index in [4.69, 9.17) is 4.43 Å². The first-order chi connectivity index (χ1) is 10.3. The molecule has 2 nitrogen and oxygen atoms in total. The summed E-state index contributed by atoms with van der Waals surface area (Å²) in [6.07, 6.45) is 1.14. The largest absolute Gasteiger partial charge is 0.535 e. The van der Waals surface area contributed by atoms with Crippen LogP contribution in [-0.2, 0) is 13.0 Å². The Morgan fingerprint density at radius 1 is 0.957 bits per heavy atom. The van der Waals surface area contributed by atoms with E-state index < -0.39 is 8.32 Å². The Balaban J connectivity index is 2.52. The number of hydrogen-bond donors (Lipinski definition) is 1. The van der Waals surface area contributed by atoms with E-state index in [1.54, 1.807) is 0 Å². The van der Waals surface area contributed by atoms with Gasteiger partial charge in [-0.3, -0.25) is 0 Å². The van der Waals surface area contributed by atoms with Crippen LogP contribution in [0.5, 0.6) is 5.06 Å². The van der Waals surface area contributed by atoms with Crippen molar-refractivity contribution in [1.29, 1.82) is 0 Å². The van der Waals surface area contributed by atoms with Crippen molar-refractivity contribution in [3.05, 3.63) is 16.5 Å². The van der Waals surface area contributed by atoms with Crippen LogP contribution in [0.4, 0.5) is 0 Å². The van der Waals surface area contributed by atoms with Crippen LogP contribution in [0, 0.1) is 0 Å². The molecule has 2 rings (SSSR count). The van der Waals surface area contributed by atoms with E-state index in [2.05, 4.69) is 73.7 Å². The summed E-state index contributed by atoms with van der Waals surface area (Å²) < 4.78 is 7.08. The molecule has 2 heterocycles. The van der Waals surface area contributed by atoms with Crippen molar-refractivity contribution < 1.29 is 4.43 Å². The molecule has 0 aromatic carbocycles. The fourth-order valence-electron chi connectivity index (χ4n) is 5.26. The summed E-state index contributed by atoms with van der Waals surface area (Å²) in [6, 6.07) is 2.30. The van der Waals surface area contributed by atoms with E-state index in [1.165, 1.54) is 10.4 Å². The molecule has 0 aliphatic carbocycles.